The van der Waals surface area contributed by atoms with E-state index in [0.29, 0.717) is 51.3 Å². The quantitative estimate of drug-likeness (QED) is 0.387. The summed E-state index contributed by atoms with van der Waals surface area (Å²) in [6.07, 6.45) is 7.93. The number of piperazine rings is 1. The minimum absolute atomic E-state index is 0.0131. The molecule has 9 nitrogen and oxygen atoms in total. The van der Waals surface area contributed by atoms with Crippen molar-refractivity contribution < 1.29 is 23.6 Å². The number of carbonyl (C=O) groups is 2. The molecule has 7 atom stereocenters. The Labute approximate surface area is 315 Å². The number of nitrogens with zero attached hydrogens (tertiary/aromatic N) is 3. The van der Waals surface area contributed by atoms with Gasteiger partial charge in [-0.25, -0.2) is 4.21 Å². The largest absolute Gasteiger partial charge is 0.490 e. The molecule has 0 aromatic heterocycles. The third kappa shape index (κ3) is 7.34. The molecular weight excluding hydrogens is 696 g/mol. The van der Waals surface area contributed by atoms with E-state index < -0.39 is 21.2 Å². The van der Waals surface area contributed by atoms with Gasteiger partial charge in [-0.3, -0.25) is 19.2 Å². The molecule has 1 saturated heterocycles. The standard InChI is InChI=1S/C41H57ClN4O5S/c1-5-18-45-20-19-44(24-38(45)47)26-41(49)17-6-8-28(2)29(3)52(4,50)43-39(48)31-11-15-37-36(22-31)46(23-32-10-13-35(32)41)25-40(27-51-37)16-7-9-30-21-33(42)12-14-34(30)40/h11-12,14-15,21-22,28-29,32,35,49H,4-10,13,16-20,23-27H2,1-3H3,(H,43,48,50)/t28-,29+,32-,35+,40-,41-,52?/m0/s1. The van der Waals surface area contributed by atoms with Gasteiger partial charge in [0.25, 0.3) is 5.91 Å². The number of rotatable bonds is 4. The molecule has 2 amide bonds. The van der Waals surface area contributed by atoms with E-state index in [1.165, 1.54) is 11.1 Å². The number of anilines is 1. The highest BCUT2D eigenvalue weighted by molar-refractivity contribution is 7.99. The summed E-state index contributed by atoms with van der Waals surface area (Å²) in [5.41, 5.74) is 2.56. The molecule has 1 unspecified atom stereocenters. The minimum atomic E-state index is -2.98. The first-order valence-corrected chi connectivity index (χ1v) is 21.7. The number of ether oxygens (including phenoxy) is 1. The molecule has 0 radical (unpaired) electrons. The summed E-state index contributed by atoms with van der Waals surface area (Å²) in [7, 11) is -2.98. The Morgan fingerprint density at radius 2 is 1.90 bits per heavy atom. The predicted molar refractivity (Wildman–Crippen MR) is 210 cm³/mol. The molecule has 2 aromatic rings. The Morgan fingerprint density at radius 1 is 1.08 bits per heavy atom. The minimum Gasteiger partial charge on any atom is -0.490 e. The van der Waals surface area contributed by atoms with Crippen molar-refractivity contribution in [2.24, 2.45) is 17.8 Å². The van der Waals surface area contributed by atoms with Crippen molar-refractivity contribution >= 4 is 44.7 Å². The third-order valence-corrected chi connectivity index (χ3v) is 15.6. The second-order valence-electron chi connectivity index (χ2n) is 16.7. The van der Waals surface area contributed by atoms with Crippen LogP contribution < -0.4 is 14.4 Å². The summed E-state index contributed by atoms with van der Waals surface area (Å²) in [6, 6.07) is 11.8. The van der Waals surface area contributed by atoms with Gasteiger partial charge < -0.3 is 19.6 Å². The monoisotopic (exact) mass is 752 g/mol. The zero-order valence-corrected chi connectivity index (χ0v) is 32.8. The highest BCUT2D eigenvalue weighted by Gasteiger charge is 2.50. The van der Waals surface area contributed by atoms with Crippen LogP contribution in [0.5, 0.6) is 5.75 Å². The molecule has 3 aliphatic heterocycles. The summed E-state index contributed by atoms with van der Waals surface area (Å²) in [5, 5.41) is 13.2. The SMILES string of the molecule is C=S1(=O)NC(=O)c2ccc3c(c2)N(C[C@@H]2CC[C@H]2[C@@](O)(CN2CCN(CCC)C(=O)C2)CCC[C@H](C)[C@H]1C)C[C@@]1(CCCc2cc(Cl)ccc21)CO3. The lowest BCUT2D eigenvalue weighted by molar-refractivity contribution is -0.141. The molecule has 2 aromatic carbocycles. The van der Waals surface area contributed by atoms with Crippen molar-refractivity contribution in [3.63, 3.8) is 0 Å². The lowest BCUT2D eigenvalue weighted by atomic mass is 9.62. The molecule has 3 heterocycles. The number of carbonyl (C=O) groups excluding carboxylic acids is 2. The number of fused-ring (bicyclic) bond motifs is 4. The second-order valence-corrected chi connectivity index (χ2v) is 19.5. The van der Waals surface area contributed by atoms with Gasteiger partial charge in [0.15, 0.2) is 0 Å². The first kappa shape index (κ1) is 37.5. The number of β-amino-alcohol motifs (C(OH)–C–C–N with tert-alkyl or cyclic N) is 1. The summed E-state index contributed by atoms with van der Waals surface area (Å²) in [5.74, 6) is 4.80. The summed E-state index contributed by atoms with van der Waals surface area (Å²) in [4.78, 5) is 33.4. The fourth-order valence-corrected chi connectivity index (χ4v) is 11.5. The van der Waals surface area contributed by atoms with E-state index >= 15 is 0 Å². The Balaban J connectivity index is 1.26. The molecule has 2 aliphatic carbocycles. The smallest absolute Gasteiger partial charge is 0.262 e. The van der Waals surface area contributed by atoms with Gasteiger partial charge in [0.05, 0.1) is 34.1 Å². The number of nitrogens with one attached hydrogen (secondary N) is 1. The van der Waals surface area contributed by atoms with E-state index in [-0.39, 0.29) is 34.3 Å². The van der Waals surface area contributed by atoms with Crippen molar-refractivity contribution in [1.82, 2.24) is 14.5 Å². The molecule has 2 N–H and O–H groups in total. The average molecular weight is 753 g/mol. The maximum atomic E-state index is 14.0. The molecule has 5 aliphatic rings. The van der Waals surface area contributed by atoms with Gasteiger partial charge in [-0.05, 0) is 123 Å². The Bertz CT molecular complexity index is 1790. The molecule has 11 heteroatoms. The normalized spacial score (nSPS) is 34.4. The number of halogens is 1. The maximum Gasteiger partial charge on any atom is 0.262 e. The van der Waals surface area contributed by atoms with E-state index in [4.69, 9.17) is 16.3 Å². The van der Waals surface area contributed by atoms with Crippen LogP contribution in [-0.4, -0.2) is 100 Å². The predicted octanol–water partition coefficient (Wildman–Crippen LogP) is 5.69. The Hall–Kier alpha value is -2.79. The summed E-state index contributed by atoms with van der Waals surface area (Å²) >= 11 is 6.49. The van der Waals surface area contributed by atoms with Gasteiger partial charge >= 0.3 is 0 Å². The van der Waals surface area contributed by atoms with Crippen molar-refractivity contribution in [2.45, 2.75) is 94.8 Å². The van der Waals surface area contributed by atoms with Gasteiger partial charge in [0.1, 0.15) is 5.75 Å². The number of benzene rings is 2. The van der Waals surface area contributed by atoms with Crippen molar-refractivity contribution in [1.29, 1.82) is 0 Å². The van der Waals surface area contributed by atoms with Gasteiger partial charge in [0.2, 0.25) is 5.91 Å². The average Bonchev–Trinajstić information content (AvgIpc) is 3.23. The number of aliphatic hydroxyl groups is 1. The second kappa shape index (κ2) is 14.8. The maximum absolute atomic E-state index is 14.0. The zero-order valence-electron chi connectivity index (χ0n) is 31.2. The highest BCUT2D eigenvalue weighted by Crippen LogP contribution is 2.49. The first-order chi connectivity index (χ1) is 24.8. The fraction of sp³-hybridized carbons (Fsp3) is 0.634. The number of hydrogen-bond donors (Lipinski definition) is 2. The van der Waals surface area contributed by atoms with Crippen LogP contribution in [0.4, 0.5) is 5.69 Å². The Morgan fingerprint density at radius 3 is 2.65 bits per heavy atom. The van der Waals surface area contributed by atoms with E-state index in [0.717, 1.165) is 80.9 Å². The van der Waals surface area contributed by atoms with E-state index in [1.807, 2.05) is 30.0 Å². The van der Waals surface area contributed by atoms with Crippen molar-refractivity contribution in [2.75, 3.05) is 57.3 Å². The van der Waals surface area contributed by atoms with Crippen LogP contribution in [-0.2, 0) is 26.3 Å². The van der Waals surface area contributed by atoms with E-state index in [9.17, 15) is 18.9 Å². The van der Waals surface area contributed by atoms with Crippen LogP contribution in [0.1, 0.15) is 93.6 Å². The van der Waals surface area contributed by atoms with Crippen LogP contribution in [0, 0.1) is 17.8 Å². The third-order valence-electron chi connectivity index (χ3n) is 13.2. The zero-order chi connectivity index (χ0) is 36.8. The van der Waals surface area contributed by atoms with Crippen LogP contribution in [0.15, 0.2) is 36.4 Å². The molecule has 2 fully saturated rings. The molecule has 52 heavy (non-hydrogen) atoms. The van der Waals surface area contributed by atoms with E-state index in [1.54, 1.807) is 6.07 Å². The Kier molecular flexibility index (Phi) is 10.7. The van der Waals surface area contributed by atoms with Crippen LogP contribution >= 0.6 is 11.6 Å². The van der Waals surface area contributed by atoms with Crippen molar-refractivity contribution in [3.05, 3.63) is 58.1 Å². The van der Waals surface area contributed by atoms with Crippen LogP contribution in [0.3, 0.4) is 0 Å². The highest BCUT2D eigenvalue weighted by atomic mass is 35.5. The molecule has 2 bridgehead atoms. The topological polar surface area (TPSA) is 102 Å². The number of aryl methyl sites for hydroxylation is 1. The lowest BCUT2D eigenvalue weighted by Gasteiger charge is -2.52. The van der Waals surface area contributed by atoms with Crippen LogP contribution in [0.25, 0.3) is 0 Å². The van der Waals surface area contributed by atoms with E-state index in [2.05, 4.69) is 46.4 Å². The molecule has 284 valence electrons. The number of hydrogen-bond acceptors (Lipinski definition) is 7. The lowest BCUT2D eigenvalue weighted by Crippen LogP contribution is -2.60. The fourth-order valence-electron chi connectivity index (χ4n) is 9.85. The molecule has 1 spiro atoms. The first-order valence-electron chi connectivity index (χ1n) is 19.5. The number of amides is 2. The summed E-state index contributed by atoms with van der Waals surface area (Å²) in [6.45, 7) is 11.0. The van der Waals surface area contributed by atoms with Gasteiger partial charge in [-0.2, -0.15) is 0 Å². The molecule has 7 rings (SSSR count). The van der Waals surface area contributed by atoms with Crippen LogP contribution in [0.2, 0.25) is 5.02 Å². The molecular formula is C41H57ClN4O5S. The van der Waals surface area contributed by atoms with Gasteiger partial charge in [-0.1, -0.05) is 37.9 Å². The van der Waals surface area contributed by atoms with Crippen molar-refractivity contribution in [3.8, 4) is 5.75 Å². The summed E-state index contributed by atoms with van der Waals surface area (Å²) < 4.78 is 23.5. The molecule has 1 saturated carbocycles. The van der Waals surface area contributed by atoms with Gasteiger partial charge in [0, 0.05) is 60.5 Å². The van der Waals surface area contributed by atoms with Gasteiger partial charge in [-0.15, -0.1) is 0 Å².